The van der Waals surface area contributed by atoms with E-state index in [0.717, 1.165) is 18.6 Å². The van der Waals surface area contributed by atoms with Crippen LogP contribution in [0.1, 0.15) is 26.7 Å². The van der Waals surface area contributed by atoms with E-state index in [1.165, 1.54) is 6.92 Å². The Morgan fingerprint density at radius 3 is 2.50 bits per heavy atom. The van der Waals surface area contributed by atoms with Gasteiger partial charge in [-0.15, -0.1) is 0 Å². The predicted molar refractivity (Wildman–Crippen MR) is 60.5 cm³/mol. The molecule has 0 spiro atoms. The van der Waals surface area contributed by atoms with E-state index in [1.807, 2.05) is 13.2 Å². The van der Waals surface area contributed by atoms with Crippen LogP contribution in [0.4, 0.5) is 0 Å². The Hall–Kier alpha value is -0.510. The molecule has 0 rings (SSSR count). The summed E-state index contributed by atoms with van der Waals surface area (Å²) in [4.78, 5) is 22.2. The lowest BCUT2D eigenvalue weighted by Crippen LogP contribution is -2.34. The van der Waals surface area contributed by atoms with Gasteiger partial charge < -0.3 is 5.32 Å². The molecule has 0 aromatic carbocycles. The largest absolute Gasteiger partial charge is 0.349 e. The average Bonchev–Trinajstić information content (AvgIpc) is 2.16. The highest BCUT2D eigenvalue weighted by atomic mass is 32.2. The molecule has 1 unspecified atom stereocenters. The summed E-state index contributed by atoms with van der Waals surface area (Å²) in [7, 11) is 0. The first-order valence-corrected chi connectivity index (χ1v) is 6.27. The van der Waals surface area contributed by atoms with E-state index in [-0.39, 0.29) is 24.2 Å². The number of hydrogen-bond acceptors (Lipinski definition) is 3. The number of carbonyl (C=O) groups excluding carboxylic acids is 2. The number of Topliss-reactive ketones (excluding diaryl/α,β-unsaturated/α-hetero) is 1. The third kappa shape index (κ3) is 6.02. The number of carbonyl (C=O) groups is 2. The molecule has 0 bridgehead atoms. The summed E-state index contributed by atoms with van der Waals surface area (Å²) in [6.45, 7) is 3.63. The van der Waals surface area contributed by atoms with E-state index < -0.39 is 0 Å². The van der Waals surface area contributed by atoms with Crippen molar-refractivity contribution < 1.29 is 9.59 Å². The maximum Gasteiger partial charge on any atom is 0.223 e. The van der Waals surface area contributed by atoms with E-state index in [1.54, 1.807) is 11.8 Å². The molecule has 0 heterocycles. The molecule has 0 saturated carbocycles. The molecule has 0 aliphatic carbocycles. The van der Waals surface area contributed by atoms with E-state index in [2.05, 4.69) is 5.32 Å². The molecule has 0 fully saturated rings. The third-order valence-electron chi connectivity index (χ3n) is 2.05. The molecular weight excluding hydrogens is 198 g/mol. The molecule has 0 aromatic rings. The molecule has 0 aliphatic heterocycles. The van der Waals surface area contributed by atoms with Crippen LogP contribution in [-0.2, 0) is 9.59 Å². The number of nitrogens with one attached hydrogen (secondary N) is 1. The lowest BCUT2D eigenvalue weighted by Gasteiger charge is -2.13. The Morgan fingerprint density at radius 1 is 1.43 bits per heavy atom. The molecule has 3 nitrogen and oxygen atoms in total. The second-order valence-corrected chi connectivity index (χ2v) is 4.29. The van der Waals surface area contributed by atoms with Crippen molar-refractivity contribution in [1.29, 1.82) is 0 Å². The summed E-state index contributed by atoms with van der Waals surface area (Å²) in [5.41, 5.74) is 0. The number of thioether (sulfide) groups is 1. The summed E-state index contributed by atoms with van der Waals surface area (Å²) in [5.74, 6) is 1.06. The summed E-state index contributed by atoms with van der Waals surface area (Å²) in [5, 5.41) is 2.64. The van der Waals surface area contributed by atoms with Crippen molar-refractivity contribution in [3.05, 3.63) is 0 Å². The highest BCUT2D eigenvalue weighted by Gasteiger charge is 2.15. The van der Waals surface area contributed by atoms with Gasteiger partial charge in [-0.1, -0.05) is 6.92 Å². The zero-order valence-corrected chi connectivity index (χ0v) is 9.95. The molecule has 1 atom stereocenters. The van der Waals surface area contributed by atoms with E-state index in [4.69, 9.17) is 0 Å². The van der Waals surface area contributed by atoms with Gasteiger partial charge in [-0.05, 0) is 31.8 Å². The summed E-state index contributed by atoms with van der Waals surface area (Å²) in [6, 6.07) is 0. The summed E-state index contributed by atoms with van der Waals surface area (Å²) < 4.78 is 0. The van der Waals surface area contributed by atoms with Crippen LogP contribution in [0.3, 0.4) is 0 Å². The fourth-order valence-corrected chi connectivity index (χ4v) is 1.66. The minimum Gasteiger partial charge on any atom is -0.349 e. The summed E-state index contributed by atoms with van der Waals surface area (Å²) >= 11 is 1.74. The minimum absolute atomic E-state index is 0.00179. The van der Waals surface area contributed by atoms with Crippen LogP contribution in [0.2, 0.25) is 0 Å². The Balaban J connectivity index is 3.85. The molecule has 0 aromatic heterocycles. The molecule has 0 aliphatic rings. The average molecular weight is 217 g/mol. The van der Waals surface area contributed by atoms with Crippen molar-refractivity contribution in [3.63, 3.8) is 0 Å². The summed E-state index contributed by atoms with van der Waals surface area (Å²) in [6.07, 6.45) is 3.76. The predicted octanol–water partition coefficient (Wildman–Crippen LogP) is 1.47. The molecule has 14 heavy (non-hydrogen) atoms. The minimum atomic E-state index is -0.00179. The lowest BCUT2D eigenvalue weighted by molar-refractivity contribution is -0.127. The quantitative estimate of drug-likeness (QED) is 0.702. The highest BCUT2D eigenvalue weighted by Crippen LogP contribution is 2.11. The number of hydrogen-bond donors (Lipinski definition) is 1. The molecule has 0 radical (unpaired) electrons. The van der Waals surface area contributed by atoms with Gasteiger partial charge >= 0.3 is 0 Å². The van der Waals surface area contributed by atoms with Crippen LogP contribution in [0.15, 0.2) is 0 Å². The van der Waals surface area contributed by atoms with Gasteiger partial charge in [-0.3, -0.25) is 9.59 Å². The van der Waals surface area contributed by atoms with Gasteiger partial charge in [0.2, 0.25) is 5.91 Å². The van der Waals surface area contributed by atoms with Gasteiger partial charge in [0.25, 0.3) is 0 Å². The second kappa shape index (κ2) is 7.85. The van der Waals surface area contributed by atoms with Crippen LogP contribution >= 0.6 is 11.8 Å². The van der Waals surface area contributed by atoms with Crippen molar-refractivity contribution >= 4 is 23.5 Å². The van der Waals surface area contributed by atoms with Crippen molar-refractivity contribution in [3.8, 4) is 0 Å². The van der Waals surface area contributed by atoms with Gasteiger partial charge in [0.1, 0.15) is 5.78 Å². The topological polar surface area (TPSA) is 46.2 Å². The lowest BCUT2D eigenvalue weighted by atomic mass is 10.0. The maximum atomic E-state index is 11.5. The number of amides is 1. The molecule has 1 N–H and O–H groups in total. The van der Waals surface area contributed by atoms with E-state index in [0.29, 0.717) is 0 Å². The first-order valence-electron chi connectivity index (χ1n) is 4.87. The van der Waals surface area contributed by atoms with Crippen LogP contribution in [0.25, 0.3) is 0 Å². The Labute approximate surface area is 90.0 Å². The van der Waals surface area contributed by atoms with Crippen molar-refractivity contribution in [2.45, 2.75) is 26.7 Å². The van der Waals surface area contributed by atoms with Crippen molar-refractivity contribution in [2.75, 3.05) is 18.6 Å². The molecule has 1 amide bonds. The van der Waals surface area contributed by atoms with Crippen molar-refractivity contribution in [2.24, 2.45) is 5.92 Å². The normalized spacial score (nSPS) is 12.2. The molecular formula is C10H19NO2S. The SMILES string of the molecule is CCC(CCSC)C(=O)NCC(C)=O. The third-order valence-corrected chi connectivity index (χ3v) is 2.69. The van der Waals surface area contributed by atoms with Gasteiger partial charge in [-0.25, -0.2) is 0 Å². The fourth-order valence-electron chi connectivity index (χ4n) is 1.14. The molecule has 82 valence electrons. The Morgan fingerprint density at radius 2 is 2.07 bits per heavy atom. The van der Waals surface area contributed by atoms with Crippen LogP contribution in [-0.4, -0.2) is 30.2 Å². The molecule has 4 heteroatoms. The van der Waals surface area contributed by atoms with Crippen LogP contribution in [0, 0.1) is 5.92 Å². The standard InChI is InChI=1S/C10H19NO2S/c1-4-9(5-6-14-3)10(13)11-7-8(2)12/h9H,4-7H2,1-3H3,(H,11,13). The van der Waals surface area contributed by atoms with Crippen molar-refractivity contribution in [1.82, 2.24) is 5.32 Å². The highest BCUT2D eigenvalue weighted by molar-refractivity contribution is 7.98. The number of rotatable bonds is 7. The van der Waals surface area contributed by atoms with Crippen LogP contribution < -0.4 is 5.32 Å². The smallest absolute Gasteiger partial charge is 0.223 e. The fraction of sp³-hybridized carbons (Fsp3) is 0.800. The van der Waals surface area contributed by atoms with E-state index in [9.17, 15) is 9.59 Å². The second-order valence-electron chi connectivity index (χ2n) is 3.31. The zero-order chi connectivity index (χ0) is 11.0. The van der Waals surface area contributed by atoms with E-state index >= 15 is 0 Å². The van der Waals surface area contributed by atoms with Gasteiger partial charge in [-0.2, -0.15) is 11.8 Å². The van der Waals surface area contributed by atoms with Gasteiger partial charge in [0, 0.05) is 5.92 Å². The first kappa shape index (κ1) is 13.5. The van der Waals surface area contributed by atoms with Crippen LogP contribution in [0.5, 0.6) is 0 Å². The Bertz CT molecular complexity index is 195. The molecule has 0 saturated heterocycles. The van der Waals surface area contributed by atoms with Gasteiger partial charge in [0.15, 0.2) is 0 Å². The maximum absolute atomic E-state index is 11.5. The Kier molecular flexibility index (Phi) is 7.57. The first-order chi connectivity index (χ1) is 6.61. The number of ketones is 1. The monoisotopic (exact) mass is 217 g/mol. The van der Waals surface area contributed by atoms with Gasteiger partial charge in [0.05, 0.1) is 6.54 Å². The zero-order valence-electron chi connectivity index (χ0n) is 9.13.